The molecule has 0 spiro atoms. The summed E-state index contributed by atoms with van der Waals surface area (Å²) >= 11 is 12.6. The first-order valence-corrected chi connectivity index (χ1v) is 10.3. The molecule has 0 aliphatic rings. The molecule has 0 amide bonds. The van der Waals surface area contributed by atoms with Crippen LogP contribution in [0.2, 0.25) is 0 Å². The van der Waals surface area contributed by atoms with E-state index >= 15 is 0 Å². The lowest BCUT2D eigenvalue weighted by Gasteiger charge is -2.15. The van der Waals surface area contributed by atoms with E-state index < -0.39 is 0 Å². The second-order valence-electron chi connectivity index (χ2n) is 4.60. The van der Waals surface area contributed by atoms with Gasteiger partial charge in [0.2, 0.25) is 0 Å². The van der Waals surface area contributed by atoms with Crippen LogP contribution in [0.5, 0.6) is 0 Å². The Morgan fingerprint density at radius 3 is 2.65 bits per heavy atom. The van der Waals surface area contributed by atoms with Crippen LogP contribution in [0.3, 0.4) is 0 Å². The van der Waals surface area contributed by atoms with E-state index in [1.807, 2.05) is 23.5 Å². The van der Waals surface area contributed by atoms with Crippen molar-refractivity contribution in [3.8, 4) is 0 Å². The molecule has 1 atom stereocenters. The molecule has 0 bridgehead atoms. The highest BCUT2D eigenvalue weighted by molar-refractivity contribution is 8.03. The van der Waals surface area contributed by atoms with Gasteiger partial charge in [0, 0.05) is 40.1 Å². The van der Waals surface area contributed by atoms with Crippen LogP contribution in [0, 0.1) is 0 Å². The van der Waals surface area contributed by atoms with Crippen LogP contribution in [-0.4, -0.2) is 39.0 Å². The highest BCUT2D eigenvalue weighted by Crippen LogP contribution is 2.23. The Bertz CT molecular complexity index is 478. The third-order valence-corrected chi connectivity index (χ3v) is 6.66. The first kappa shape index (κ1) is 16.5. The highest BCUT2D eigenvalue weighted by Gasteiger charge is 2.12. The molecule has 1 heterocycles. The molecule has 1 unspecified atom stereocenters. The van der Waals surface area contributed by atoms with Gasteiger partial charge in [-0.25, -0.2) is 0 Å². The van der Waals surface area contributed by atoms with E-state index in [1.54, 1.807) is 0 Å². The van der Waals surface area contributed by atoms with Crippen molar-refractivity contribution in [1.29, 1.82) is 0 Å². The molecule has 1 aromatic heterocycles. The zero-order valence-corrected chi connectivity index (χ0v) is 14.8. The Morgan fingerprint density at radius 2 is 1.90 bits per heavy atom. The van der Waals surface area contributed by atoms with Crippen molar-refractivity contribution >= 4 is 59.7 Å². The Labute approximate surface area is 140 Å². The molecule has 0 saturated heterocycles. The number of aromatic amines is 1. The summed E-state index contributed by atoms with van der Waals surface area (Å²) in [5.74, 6) is 5.35. The van der Waals surface area contributed by atoms with Gasteiger partial charge in [0.05, 0.1) is 0 Å². The van der Waals surface area contributed by atoms with E-state index in [9.17, 15) is 0 Å². The maximum absolute atomic E-state index is 4.32. The molecular weight excluding hydrogens is 322 g/mol. The van der Waals surface area contributed by atoms with Crippen LogP contribution >= 0.6 is 48.8 Å². The van der Waals surface area contributed by atoms with Gasteiger partial charge in [-0.3, -0.25) is 0 Å². The molecule has 1 aromatic carbocycles. The summed E-state index contributed by atoms with van der Waals surface area (Å²) in [6, 6.07) is 10.8. The fourth-order valence-electron chi connectivity index (χ4n) is 2.15. The lowest BCUT2D eigenvalue weighted by Crippen LogP contribution is -2.12. The van der Waals surface area contributed by atoms with E-state index in [0.29, 0.717) is 5.25 Å². The van der Waals surface area contributed by atoms with Crippen LogP contribution in [0.1, 0.15) is 5.69 Å². The number of para-hydroxylation sites is 1. The fourth-order valence-corrected chi connectivity index (χ4v) is 4.94. The summed E-state index contributed by atoms with van der Waals surface area (Å²) in [4.78, 5) is 3.54. The largest absolute Gasteiger partial charge is 0.358 e. The topological polar surface area (TPSA) is 15.8 Å². The minimum atomic E-state index is 0.653. The van der Waals surface area contributed by atoms with Gasteiger partial charge in [0.15, 0.2) is 0 Å². The molecule has 2 aromatic rings. The molecule has 1 nitrogen and oxygen atoms in total. The summed E-state index contributed by atoms with van der Waals surface area (Å²) in [6.45, 7) is 0. The SMILES string of the molecule is SCCSCC(Cc1cc2ccccc2[nH]1)SCCS. The van der Waals surface area contributed by atoms with Gasteiger partial charge in [-0.1, -0.05) is 18.2 Å². The first-order valence-electron chi connectivity index (χ1n) is 6.81. The lowest BCUT2D eigenvalue weighted by atomic mass is 10.2. The molecule has 1 N–H and O–H groups in total. The second-order valence-corrected chi connectivity index (χ2v) is 8.05. The van der Waals surface area contributed by atoms with E-state index in [1.165, 1.54) is 22.3 Å². The number of fused-ring (bicyclic) bond motifs is 1. The highest BCUT2D eigenvalue weighted by atomic mass is 32.2. The molecule has 2 rings (SSSR count). The number of hydrogen-bond donors (Lipinski definition) is 3. The Morgan fingerprint density at radius 1 is 1.10 bits per heavy atom. The van der Waals surface area contributed by atoms with E-state index in [4.69, 9.17) is 0 Å². The van der Waals surface area contributed by atoms with Crippen molar-refractivity contribution < 1.29 is 0 Å². The third kappa shape index (κ3) is 5.17. The van der Waals surface area contributed by atoms with Crippen molar-refractivity contribution in [2.24, 2.45) is 0 Å². The number of H-pyrrole nitrogens is 1. The van der Waals surface area contributed by atoms with Gasteiger partial charge in [-0.2, -0.15) is 48.8 Å². The monoisotopic (exact) mass is 343 g/mol. The number of benzene rings is 1. The first-order chi connectivity index (χ1) is 9.83. The van der Waals surface area contributed by atoms with E-state index in [2.05, 4.69) is 60.6 Å². The molecule has 0 saturated carbocycles. The Balaban J connectivity index is 1.97. The predicted molar refractivity (Wildman–Crippen MR) is 103 cm³/mol. The van der Waals surface area contributed by atoms with Crippen molar-refractivity contribution in [1.82, 2.24) is 4.98 Å². The summed E-state index contributed by atoms with van der Waals surface area (Å²) < 4.78 is 0. The number of hydrogen-bond acceptors (Lipinski definition) is 4. The molecule has 0 aliphatic heterocycles. The van der Waals surface area contributed by atoms with Crippen LogP contribution in [0.25, 0.3) is 10.9 Å². The van der Waals surface area contributed by atoms with Crippen molar-refractivity contribution in [3.05, 3.63) is 36.0 Å². The number of rotatable bonds is 9. The normalized spacial score (nSPS) is 12.9. The van der Waals surface area contributed by atoms with Gasteiger partial charge in [-0.15, -0.1) is 0 Å². The maximum atomic E-state index is 4.32. The van der Waals surface area contributed by atoms with E-state index in [0.717, 1.165) is 29.4 Å². The summed E-state index contributed by atoms with van der Waals surface area (Å²) in [5.41, 5.74) is 2.58. The minimum absolute atomic E-state index is 0.653. The van der Waals surface area contributed by atoms with Crippen molar-refractivity contribution in [2.45, 2.75) is 11.7 Å². The molecule has 0 aliphatic carbocycles. The minimum Gasteiger partial charge on any atom is -0.358 e. The summed E-state index contributed by atoms with van der Waals surface area (Å²) in [5, 5.41) is 1.96. The Hall–Kier alpha value is 0.160. The Kier molecular flexibility index (Phi) is 7.63. The predicted octanol–water partition coefficient (Wildman–Crippen LogP) is 4.41. The fraction of sp³-hybridized carbons (Fsp3) is 0.467. The molecule has 20 heavy (non-hydrogen) atoms. The van der Waals surface area contributed by atoms with Gasteiger partial charge in [0.25, 0.3) is 0 Å². The number of thioether (sulfide) groups is 2. The van der Waals surface area contributed by atoms with Gasteiger partial charge in [0.1, 0.15) is 0 Å². The molecular formula is C15H21NS4. The van der Waals surface area contributed by atoms with Crippen LogP contribution in [-0.2, 0) is 6.42 Å². The number of aromatic nitrogens is 1. The summed E-state index contributed by atoms with van der Waals surface area (Å²) in [7, 11) is 0. The second kappa shape index (κ2) is 9.23. The number of nitrogens with one attached hydrogen (secondary N) is 1. The van der Waals surface area contributed by atoms with Gasteiger partial charge >= 0.3 is 0 Å². The average molecular weight is 344 g/mol. The van der Waals surface area contributed by atoms with E-state index in [-0.39, 0.29) is 0 Å². The molecule has 110 valence electrons. The summed E-state index contributed by atoms with van der Waals surface area (Å²) in [6.07, 6.45) is 1.10. The number of thiol groups is 2. The third-order valence-electron chi connectivity index (χ3n) is 3.02. The smallest absolute Gasteiger partial charge is 0.0456 e. The van der Waals surface area contributed by atoms with Crippen molar-refractivity contribution in [3.63, 3.8) is 0 Å². The zero-order valence-electron chi connectivity index (χ0n) is 11.4. The standard InChI is InChI=1S/C15H21NS4/c17-5-7-19-11-14(20-8-6-18)10-13-9-12-3-1-2-4-15(12)16-13/h1-4,9,14,16-18H,5-8,10-11H2. The lowest BCUT2D eigenvalue weighted by molar-refractivity contribution is 0.925. The average Bonchev–Trinajstić information content (AvgIpc) is 2.87. The van der Waals surface area contributed by atoms with Crippen LogP contribution in [0.4, 0.5) is 0 Å². The van der Waals surface area contributed by atoms with Gasteiger partial charge < -0.3 is 4.98 Å². The van der Waals surface area contributed by atoms with Crippen LogP contribution in [0.15, 0.2) is 30.3 Å². The molecule has 0 radical (unpaired) electrons. The molecule has 0 fully saturated rings. The van der Waals surface area contributed by atoms with Crippen LogP contribution < -0.4 is 0 Å². The zero-order chi connectivity index (χ0) is 14.2. The van der Waals surface area contributed by atoms with Crippen molar-refractivity contribution in [2.75, 3.05) is 28.8 Å². The van der Waals surface area contributed by atoms with Gasteiger partial charge in [-0.05, 0) is 29.0 Å². The quantitative estimate of drug-likeness (QED) is 0.462. The molecule has 5 heteroatoms. The maximum Gasteiger partial charge on any atom is 0.0456 e.